The van der Waals surface area contributed by atoms with Crippen LogP contribution in [0.15, 0.2) is 12.2 Å². The quantitative estimate of drug-likeness (QED) is 0.424. The van der Waals surface area contributed by atoms with Crippen molar-refractivity contribution in [2.24, 2.45) is 11.8 Å². The van der Waals surface area contributed by atoms with Crippen molar-refractivity contribution in [1.29, 1.82) is 0 Å². The first-order chi connectivity index (χ1) is 9.56. The van der Waals surface area contributed by atoms with Gasteiger partial charge in [-0.05, 0) is 30.5 Å². The molecule has 0 unspecified atom stereocenters. The molecular weight excluding hydrogens is 284 g/mol. The van der Waals surface area contributed by atoms with Crippen LogP contribution in [0.3, 0.4) is 0 Å². The van der Waals surface area contributed by atoms with E-state index in [1.807, 2.05) is 13.0 Å². The van der Waals surface area contributed by atoms with E-state index in [1.54, 1.807) is 6.08 Å². The van der Waals surface area contributed by atoms with Crippen LogP contribution in [-0.4, -0.2) is 39.7 Å². The maximum absolute atomic E-state index is 11.7. The van der Waals surface area contributed by atoms with Crippen LogP contribution in [0.5, 0.6) is 0 Å². The standard InChI is InChI=1S/C16H32O4Si/c1-13(15(18)19-5)14(9-8-11-17)10-12-20-21(6,7)16(2,3)4/h8-9,13-14,17H,10-12H2,1-7H3/t13-,14+/m1/s1. The molecule has 2 atom stereocenters. The lowest BCUT2D eigenvalue weighted by molar-refractivity contribution is -0.146. The summed E-state index contributed by atoms with van der Waals surface area (Å²) in [6, 6.07) is 0. The van der Waals surface area contributed by atoms with E-state index in [9.17, 15) is 4.79 Å². The van der Waals surface area contributed by atoms with Crippen LogP contribution in [-0.2, 0) is 14.0 Å². The van der Waals surface area contributed by atoms with Crippen molar-refractivity contribution in [2.75, 3.05) is 20.3 Å². The SMILES string of the molecule is COC(=O)[C@H](C)[C@@H](C=CCO)CCO[Si](C)(C)C(C)(C)C. The molecule has 0 radical (unpaired) electrons. The minimum absolute atomic E-state index is 0.0204. The molecule has 0 heterocycles. The van der Waals surface area contributed by atoms with E-state index in [2.05, 4.69) is 33.9 Å². The van der Waals surface area contributed by atoms with Crippen molar-refractivity contribution in [3.8, 4) is 0 Å². The van der Waals surface area contributed by atoms with E-state index in [4.69, 9.17) is 14.3 Å². The van der Waals surface area contributed by atoms with Gasteiger partial charge in [0.15, 0.2) is 8.32 Å². The summed E-state index contributed by atoms with van der Waals surface area (Å²) < 4.78 is 11.0. The average Bonchev–Trinajstić information content (AvgIpc) is 2.39. The van der Waals surface area contributed by atoms with Gasteiger partial charge >= 0.3 is 5.97 Å². The summed E-state index contributed by atoms with van der Waals surface area (Å²) >= 11 is 0. The van der Waals surface area contributed by atoms with Gasteiger partial charge in [-0.2, -0.15) is 0 Å². The molecule has 0 aromatic heterocycles. The van der Waals surface area contributed by atoms with Gasteiger partial charge in [-0.15, -0.1) is 0 Å². The largest absolute Gasteiger partial charge is 0.469 e. The van der Waals surface area contributed by atoms with E-state index in [1.165, 1.54) is 7.11 Å². The zero-order valence-electron chi connectivity index (χ0n) is 14.6. The summed E-state index contributed by atoms with van der Waals surface area (Å²) in [5, 5.41) is 9.10. The Hall–Kier alpha value is -0.653. The van der Waals surface area contributed by atoms with Crippen LogP contribution in [0.4, 0.5) is 0 Å². The topological polar surface area (TPSA) is 55.8 Å². The Balaban J connectivity index is 4.64. The molecule has 0 aliphatic rings. The number of carbonyl (C=O) groups is 1. The Morgan fingerprint density at radius 1 is 1.33 bits per heavy atom. The van der Waals surface area contributed by atoms with E-state index < -0.39 is 8.32 Å². The summed E-state index contributed by atoms with van der Waals surface area (Å²) in [6.07, 6.45) is 4.31. The minimum atomic E-state index is -1.76. The minimum Gasteiger partial charge on any atom is -0.469 e. The first-order valence-corrected chi connectivity index (χ1v) is 10.5. The van der Waals surface area contributed by atoms with Crippen LogP contribution in [0.1, 0.15) is 34.1 Å². The summed E-state index contributed by atoms with van der Waals surface area (Å²) in [5.41, 5.74) is 0. The van der Waals surface area contributed by atoms with Gasteiger partial charge in [0.05, 0.1) is 19.6 Å². The van der Waals surface area contributed by atoms with Gasteiger partial charge in [0.2, 0.25) is 0 Å². The number of ether oxygens (including phenoxy) is 1. The number of aliphatic hydroxyl groups excluding tert-OH is 1. The second-order valence-corrected chi connectivity index (χ2v) is 11.8. The highest BCUT2D eigenvalue weighted by molar-refractivity contribution is 6.74. The van der Waals surface area contributed by atoms with Crippen molar-refractivity contribution in [1.82, 2.24) is 0 Å². The van der Waals surface area contributed by atoms with Crippen molar-refractivity contribution in [2.45, 2.75) is 52.2 Å². The summed E-state index contributed by atoms with van der Waals surface area (Å²) in [6.45, 7) is 13.5. The molecule has 0 aliphatic heterocycles. The van der Waals surface area contributed by atoms with Crippen LogP contribution in [0.25, 0.3) is 0 Å². The number of aliphatic hydroxyl groups is 1. The first kappa shape index (κ1) is 20.3. The zero-order chi connectivity index (χ0) is 16.7. The van der Waals surface area contributed by atoms with Gasteiger partial charge in [0.1, 0.15) is 0 Å². The van der Waals surface area contributed by atoms with E-state index >= 15 is 0 Å². The van der Waals surface area contributed by atoms with Crippen LogP contribution < -0.4 is 0 Å². The third-order valence-electron chi connectivity index (χ3n) is 4.42. The van der Waals surface area contributed by atoms with Crippen LogP contribution in [0.2, 0.25) is 18.1 Å². The van der Waals surface area contributed by atoms with E-state index in [0.717, 1.165) is 6.42 Å². The first-order valence-electron chi connectivity index (χ1n) is 7.56. The molecule has 0 spiro atoms. The Bertz CT molecular complexity index is 345. The maximum atomic E-state index is 11.7. The number of hydrogen-bond acceptors (Lipinski definition) is 4. The normalized spacial score (nSPS) is 16.0. The fraction of sp³-hybridized carbons (Fsp3) is 0.812. The third kappa shape index (κ3) is 6.76. The molecule has 124 valence electrons. The molecule has 21 heavy (non-hydrogen) atoms. The van der Waals surface area contributed by atoms with Crippen molar-refractivity contribution >= 4 is 14.3 Å². The van der Waals surface area contributed by atoms with Crippen molar-refractivity contribution in [3.05, 3.63) is 12.2 Å². The molecule has 0 fully saturated rings. The predicted octanol–water partition coefficient (Wildman–Crippen LogP) is 3.37. The number of carbonyl (C=O) groups excluding carboxylic acids is 1. The molecule has 1 N–H and O–H groups in total. The lowest BCUT2D eigenvalue weighted by Crippen LogP contribution is -2.41. The fourth-order valence-corrected chi connectivity index (χ4v) is 2.84. The highest BCUT2D eigenvalue weighted by atomic mass is 28.4. The van der Waals surface area contributed by atoms with E-state index in [-0.39, 0.29) is 29.5 Å². The molecule has 0 aliphatic carbocycles. The molecule has 0 rings (SSSR count). The monoisotopic (exact) mass is 316 g/mol. The van der Waals surface area contributed by atoms with Crippen LogP contribution >= 0.6 is 0 Å². The summed E-state index contributed by atoms with van der Waals surface area (Å²) in [5.74, 6) is -0.440. The molecule has 0 bridgehead atoms. The summed E-state index contributed by atoms with van der Waals surface area (Å²) in [4.78, 5) is 11.7. The molecule has 0 saturated heterocycles. The van der Waals surface area contributed by atoms with Crippen molar-refractivity contribution in [3.63, 3.8) is 0 Å². The lowest BCUT2D eigenvalue weighted by atomic mass is 9.91. The maximum Gasteiger partial charge on any atom is 0.308 e. The smallest absolute Gasteiger partial charge is 0.308 e. The molecule has 0 amide bonds. The lowest BCUT2D eigenvalue weighted by Gasteiger charge is -2.36. The predicted molar refractivity (Wildman–Crippen MR) is 88.7 cm³/mol. The molecule has 0 saturated carbocycles. The zero-order valence-corrected chi connectivity index (χ0v) is 15.6. The van der Waals surface area contributed by atoms with Crippen molar-refractivity contribution < 1.29 is 19.1 Å². The second kappa shape index (κ2) is 8.71. The highest BCUT2D eigenvalue weighted by Crippen LogP contribution is 2.36. The van der Waals surface area contributed by atoms with E-state index in [0.29, 0.717) is 6.61 Å². The Morgan fingerprint density at radius 2 is 1.90 bits per heavy atom. The number of allylic oxidation sites excluding steroid dienone is 1. The molecular formula is C16H32O4Si. The highest BCUT2D eigenvalue weighted by Gasteiger charge is 2.37. The fourth-order valence-electron chi connectivity index (χ4n) is 1.78. The number of methoxy groups -OCH3 is 1. The summed E-state index contributed by atoms with van der Waals surface area (Å²) in [7, 11) is -0.362. The molecule has 0 aromatic rings. The van der Waals surface area contributed by atoms with Gasteiger partial charge in [0.25, 0.3) is 0 Å². The number of hydrogen-bond donors (Lipinski definition) is 1. The van der Waals surface area contributed by atoms with Gasteiger partial charge in [-0.3, -0.25) is 4.79 Å². The Morgan fingerprint density at radius 3 is 2.33 bits per heavy atom. The van der Waals surface area contributed by atoms with Crippen LogP contribution in [0, 0.1) is 11.8 Å². The van der Waals surface area contributed by atoms with Gasteiger partial charge in [-0.1, -0.05) is 39.8 Å². The second-order valence-electron chi connectivity index (χ2n) is 6.98. The molecule has 4 nitrogen and oxygen atoms in total. The number of esters is 1. The molecule has 5 heteroatoms. The Labute approximate surface area is 130 Å². The Kier molecular flexibility index (Phi) is 8.44. The van der Waals surface area contributed by atoms with Gasteiger partial charge in [0, 0.05) is 6.61 Å². The average molecular weight is 317 g/mol. The van der Waals surface area contributed by atoms with Gasteiger partial charge in [-0.25, -0.2) is 0 Å². The third-order valence-corrected chi connectivity index (χ3v) is 8.96. The molecule has 0 aromatic carbocycles. The number of rotatable bonds is 8. The van der Waals surface area contributed by atoms with Gasteiger partial charge < -0.3 is 14.3 Å².